The summed E-state index contributed by atoms with van der Waals surface area (Å²) in [7, 11) is -5.13. The molecule has 1 aliphatic carbocycles. The van der Waals surface area contributed by atoms with Crippen molar-refractivity contribution in [2.75, 3.05) is 5.75 Å². The van der Waals surface area contributed by atoms with Crippen molar-refractivity contribution < 1.29 is 35.7 Å². The van der Waals surface area contributed by atoms with Gasteiger partial charge in [0.05, 0.1) is 21.8 Å². The van der Waals surface area contributed by atoms with Crippen molar-refractivity contribution in [1.82, 2.24) is 0 Å². The first kappa shape index (κ1) is 16.2. The second-order valence-electron chi connectivity index (χ2n) is 4.53. The van der Waals surface area contributed by atoms with Gasteiger partial charge in [-0.2, -0.15) is 13.2 Å². The summed E-state index contributed by atoms with van der Waals surface area (Å²) >= 11 is 0. The van der Waals surface area contributed by atoms with Crippen molar-refractivity contribution in [2.24, 2.45) is 5.92 Å². The van der Waals surface area contributed by atoms with Gasteiger partial charge < -0.3 is 9.29 Å². The minimum atomic E-state index is -5.13. The molecular weight excluding hydrogens is 289 g/mol. The average molecular weight is 303 g/mol. The molecule has 1 saturated carbocycles. The van der Waals surface area contributed by atoms with Crippen molar-refractivity contribution >= 4 is 16.1 Å². The Morgan fingerprint density at radius 1 is 1.26 bits per heavy atom. The first-order chi connectivity index (χ1) is 8.59. The lowest BCUT2D eigenvalue weighted by Crippen LogP contribution is -2.41. The van der Waals surface area contributed by atoms with E-state index in [1.54, 1.807) is 0 Å². The second kappa shape index (κ2) is 6.08. The van der Waals surface area contributed by atoms with E-state index >= 15 is 0 Å². The fourth-order valence-electron chi connectivity index (χ4n) is 1.96. The molecular formula is C10H14F3O5S-. The Balaban J connectivity index is 2.69. The number of carbonyl (C=O) groups is 1. The van der Waals surface area contributed by atoms with Crippen LogP contribution in [-0.2, 0) is 19.6 Å². The topological polar surface area (TPSA) is 83.5 Å². The molecule has 0 aromatic carbocycles. The van der Waals surface area contributed by atoms with Gasteiger partial charge in [-0.25, -0.2) is 8.42 Å². The highest BCUT2D eigenvalue weighted by Gasteiger charge is 2.44. The molecule has 0 aromatic rings. The number of halogens is 3. The van der Waals surface area contributed by atoms with Gasteiger partial charge in [0.25, 0.3) is 0 Å². The van der Waals surface area contributed by atoms with Crippen LogP contribution in [0.3, 0.4) is 0 Å². The van der Waals surface area contributed by atoms with E-state index in [-0.39, 0.29) is 0 Å². The standard InChI is InChI=1S/C10H15F3O5S/c11-10(12,13)8(6-19(15,16)17)18-9(14)7-4-2-1-3-5-7/h7-8H,1-6H2,(H,15,16,17)/p-1. The molecule has 1 atom stereocenters. The highest BCUT2D eigenvalue weighted by molar-refractivity contribution is 7.85. The maximum atomic E-state index is 12.5. The normalized spacial score (nSPS) is 20.0. The maximum absolute atomic E-state index is 12.5. The lowest BCUT2D eigenvalue weighted by molar-refractivity contribution is -0.218. The Hall–Kier alpha value is -0.830. The number of esters is 1. The average Bonchev–Trinajstić information content (AvgIpc) is 2.26. The minimum Gasteiger partial charge on any atom is -0.748 e. The van der Waals surface area contributed by atoms with E-state index in [1.165, 1.54) is 0 Å². The summed E-state index contributed by atoms with van der Waals surface area (Å²) in [6, 6.07) is 0. The van der Waals surface area contributed by atoms with E-state index in [1.807, 2.05) is 0 Å². The van der Waals surface area contributed by atoms with Crippen LogP contribution in [0.2, 0.25) is 0 Å². The molecule has 0 saturated heterocycles. The molecule has 0 N–H and O–H groups in total. The summed E-state index contributed by atoms with van der Waals surface area (Å²) in [6.07, 6.45) is -4.76. The van der Waals surface area contributed by atoms with Crippen LogP contribution in [0, 0.1) is 5.92 Å². The van der Waals surface area contributed by atoms with Crippen LogP contribution in [-0.4, -0.2) is 37.0 Å². The van der Waals surface area contributed by atoms with Gasteiger partial charge in [-0.05, 0) is 12.8 Å². The zero-order chi connectivity index (χ0) is 14.7. The number of ether oxygens (including phenoxy) is 1. The molecule has 1 aliphatic rings. The van der Waals surface area contributed by atoms with E-state index < -0.39 is 40.0 Å². The predicted molar refractivity (Wildman–Crippen MR) is 57.1 cm³/mol. The van der Waals surface area contributed by atoms with Gasteiger partial charge in [0.2, 0.25) is 6.10 Å². The zero-order valence-electron chi connectivity index (χ0n) is 9.98. The van der Waals surface area contributed by atoms with E-state index in [4.69, 9.17) is 0 Å². The number of carbonyl (C=O) groups excluding carboxylic acids is 1. The zero-order valence-corrected chi connectivity index (χ0v) is 10.8. The number of hydrogen-bond acceptors (Lipinski definition) is 5. The van der Waals surface area contributed by atoms with Gasteiger partial charge in [0.1, 0.15) is 0 Å². The molecule has 0 radical (unpaired) electrons. The molecule has 19 heavy (non-hydrogen) atoms. The summed E-state index contributed by atoms with van der Waals surface area (Å²) < 4.78 is 72.9. The van der Waals surface area contributed by atoms with E-state index in [2.05, 4.69) is 4.74 Å². The van der Waals surface area contributed by atoms with Crippen LogP contribution >= 0.6 is 0 Å². The molecule has 0 amide bonds. The summed E-state index contributed by atoms with van der Waals surface area (Å²) in [5.41, 5.74) is 0. The highest BCUT2D eigenvalue weighted by Crippen LogP contribution is 2.29. The van der Waals surface area contributed by atoms with Gasteiger partial charge in [0.15, 0.2) is 0 Å². The number of alkyl halides is 3. The summed E-state index contributed by atoms with van der Waals surface area (Å²) in [5, 5.41) is 0. The van der Waals surface area contributed by atoms with Crippen molar-refractivity contribution in [3.05, 3.63) is 0 Å². The molecule has 0 aliphatic heterocycles. The maximum Gasteiger partial charge on any atom is 0.426 e. The Kier molecular flexibility index (Phi) is 5.19. The molecule has 112 valence electrons. The lowest BCUT2D eigenvalue weighted by atomic mass is 9.89. The molecule has 1 rings (SSSR count). The lowest BCUT2D eigenvalue weighted by Gasteiger charge is -2.26. The van der Waals surface area contributed by atoms with Crippen LogP contribution < -0.4 is 0 Å². The van der Waals surface area contributed by atoms with E-state index in [9.17, 15) is 30.9 Å². The van der Waals surface area contributed by atoms with Crippen molar-refractivity contribution in [3.63, 3.8) is 0 Å². The Morgan fingerprint density at radius 2 is 1.79 bits per heavy atom. The predicted octanol–water partition coefficient (Wildman–Crippen LogP) is 1.59. The first-order valence-corrected chi connectivity index (χ1v) is 7.38. The molecule has 9 heteroatoms. The van der Waals surface area contributed by atoms with Crippen LogP contribution in [0.4, 0.5) is 13.2 Å². The molecule has 0 spiro atoms. The third-order valence-electron chi connectivity index (χ3n) is 2.92. The molecule has 5 nitrogen and oxygen atoms in total. The van der Waals surface area contributed by atoms with Crippen molar-refractivity contribution in [3.8, 4) is 0 Å². The van der Waals surface area contributed by atoms with Gasteiger partial charge in [-0.1, -0.05) is 19.3 Å². The van der Waals surface area contributed by atoms with Gasteiger partial charge in [-0.15, -0.1) is 0 Å². The SMILES string of the molecule is O=C(OC(CS(=O)(=O)[O-])C(F)(F)F)C1CCCCC1. The van der Waals surface area contributed by atoms with Crippen LogP contribution in [0.5, 0.6) is 0 Å². The summed E-state index contributed by atoms with van der Waals surface area (Å²) in [6.45, 7) is 0. The fourth-order valence-corrected chi connectivity index (χ4v) is 2.58. The van der Waals surface area contributed by atoms with Crippen LogP contribution in [0.25, 0.3) is 0 Å². The van der Waals surface area contributed by atoms with Gasteiger partial charge >= 0.3 is 12.1 Å². The summed E-state index contributed by atoms with van der Waals surface area (Å²) in [5.74, 6) is -3.51. The molecule has 1 unspecified atom stereocenters. The fraction of sp³-hybridized carbons (Fsp3) is 0.900. The molecule has 1 fully saturated rings. The third-order valence-corrected chi connectivity index (χ3v) is 3.63. The quantitative estimate of drug-likeness (QED) is 0.581. The molecule has 0 bridgehead atoms. The van der Waals surface area contributed by atoms with Crippen molar-refractivity contribution in [1.29, 1.82) is 0 Å². The first-order valence-electron chi connectivity index (χ1n) is 5.80. The van der Waals surface area contributed by atoms with Gasteiger partial charge in [0, 0.05) is 0 Å². The molecule has 0 heterocycles. The summed E-state index contributed by atoms with van der Waals surface area (Å²) in [4.78, 5) is 11.5. The minimum absolute atomic E-state index is 0.424. The van der Waals surface area contributed by atoms with E-state index in [0.717, 1.165) is 19.3 Å². The Bertz CT molecular complexity index is 411. The number of hydrogen-bond donors (Lipinski definition) is 0. The highest BCUT2D eigenvalue weighted by atomic mass is 32.2. The van der Waals surface area contributed by atoms with Gasteiger partial charge in [-0.3, -0.25) is 4.79 Å². The Morgan fingerprint density at radius 3 is 2.21 bits per heavy atom. The Labute approximate surface area is 108 Å². The third kappa shape index (κ3) is 5.77. The second-order valence-corrected chi connectivity index (χ2v) is 5.98. The monoisotopic (exact) mass is 303 g/mol. The van der Waals surface area contributed by atoms with E-state index in [0.29, 0.717) is 12.8 Å². The van der Waals surface area contributed by atoms with Crippen molar-refractivity contribution in [2.45, 2.75) is 44.4 Å². The molecule has 0 aromatic heterocycles. The smallest absolute Gasteiger partial charge is 0.426 e. The van der Waals surface area contributed by atoms with Crippen LogP contribution in [0.15, 0.2) is 0 Å². The largest absolute Gasteiger partial charge is 0.748 e. The van der Waals surface area contributed by atoms with Crippen LogP contribution in [0.1, 0.15) is 32.1 Å². The number of rotatable bonds is 4.